The summed E-state index contributed by atoms with van der Waals surface area (Å²) in [5, 5.41) is 11.5. The van der Waals surface area contributed by atoms with Gasteiger partial charge in [-0.3, -0.25) is 9.59 Å². The summed E-state index contributed by atoms with van der Waals surface area (Å²) in [7, 11) is 0. The summed E-state index contributed by atoms with van der Waals surface area (Å²) < 4.78 is 0. The highest BCUT2D eigenvalue weighted by Gasteiger charge is 2.20. The van der Waals surface area contributed by atoms with E-state index in [0.717, 1.165) is 32.4 Å². The second-order valence-corrected chi connectivity index (χ2v) is 5.96. The second kappa shape index (κ2) is 8.44. The first-order valence-corrected chi connectivity index (χ1v) is 8.15. The molecule has 2 rings (SSSR count). The van der Waals surface area contributed by atoms with Crippen LogP contribution in [0, 0.1) is 0 Å². The molecule has 1 unspecified atom stereocenters. The molecule has 4 N–H and O–H groups in total. The quantitative estimate of drug-likeness (QED) is 0.729. The van der Waals surface area contributed by atoms with Crippen molar-refractivity contribution in [1.29, 1.82) is 0 Å². The lowest BCUT2D eigenvalue weighted by atomic mass is 10.1. The first-order chi connectivity index (χ1) is 11.5. The van der Waals surface area contributed by atoms with Crippen LogP contribution in [0.3, 0.4) is 0 Å². The molecule has 0 radical (unpaired) electrons. The largest absolute Gasteiger partial charge is 0.478 e. The maximum absolute atomic E-state index is 12.1. The first kappa shape index (κ1) is 17.9. The summed E-state index contributed by atoms with van der Waals surface area (Å²) in [6.07, 6.45) is 3.77. The van der Waals surface area contributed by atoms with Crippen LogP contribution in [0.5, 0.6) is 0 Å². The number of carbonyl (C=O) groups excluding carboxylic acids is 2. The molecular formula is C17H23N3O4. The monoisotopic (exact) mass is 333 g/mol. The fourth-order valence-corrected chi connectivity index (χ4v) is 2.64. The predicted octanol–water partition coefficient (Wildman–Crippen LogP) is 1.44. The van der Waals surface area contributed by atoms with E-state index < -0.39 is 12.0 Å². The number of rotatable bonds is 6. The molecule has 0 spiro atoms. The van der Waals surface area contributed by atoms with E-state index in [1.807, 2.05) is 4.90 Å². The number of benzene rings is 1. The number of likely N-dealkylation sites (tertiary alicyclic amines) is 1. The molecule has 0 aromatic heterocycles. The number of hydrogen-bond acceptors (Lipinski definition) is 4. The molecular weight excluding hydrogens is 310 g/mol. The molecule has 0 saturated carbocycles. The molecule has 1 aromatic carbocycles. The van der Waals surface area contributed by atoms with Gasteiger partial charge in [-0.25, -0.2) is 4.79 Å². The zero-order valence-corrected chi connectivity index (χ0v) is 13.5. The highest BCUT2D eigenvalue weighted by atomic mass is 16.4. The summed E-state index contributed by atoms with van der Waals surface area (Å²) in [5.74, 6) is -1.37. The molecule has 1 aliphatic rings. The molecule has 2 amide bonds. The zero-order valence-electron chi connectivity index (χ0n) is 13.5. The molecule has 7 nitrogen and oxygen atoms in total. The molecule has 24 heavy (non-hydrogen) atoms. The Kier molecular flexibility index (Phi) is 6.31. The van der Waals surface area contributed by atoms with Gasteiger partial charge in [-0.1, -0.05) is 0 Å². The topological polar surface area (TPSA) is 113 Å². The Balaban J connectivity index is 1.79. The Bertz CT molecular complexity index is 594. The molecule has 7 heteroatoms. The van der Waals surface area contributed by atoms with Gasteiger partial charge in [0.2, 0.25) is 11.8 Å². The van der Waals surface area contributed by atoms with Crippen LogP contribution in [-0.4, -0.2) is 46.9 Å². The van der Waals surface area contributed by atoms with Crippen LogP contribution >= 0.6 is 0 Å². The summed E-state index contributed by atoms with van der Waals surface area (Å²) in [6, 6.07) is 5.05. The lowest BCUT2D eigenvalue weighted by molar-refractivity contribution is -0.132. The smallest absolute Gasteiger partial charge is 0.335 e. The van der Waals surface area contributed by atoms with Crippen LogP contribution in [0.4, 0.5) is 5.69 Å². The number of anilines is 1. The molecule has 0 aliphatic carbocycles. The molecule has 1 atom stereocenters. The standard InChI is InChI=1S/C17H23N3O4/c18-14(8-9-15(21)20-10-2-1-3-11-20)16(22)19-13-6-4-12(5-7-13)17(23)24/h4-7,14H,1-3,8-11,18H2,(H,19,22)(H,23,24). The Morgan fingerprint density at radius 1 is 1.12 bits per heavy atom. The highest BCUT2D eigenvalue weighted by Crippen LogP contribution is 2.13. The normalized spacial score (nSPS) is 15.6. The van der Waals surface area contributed by atoms with E-state index in [1.54, 1.807) is 0 Å². The van der Waals surface area contributed by atoms with Gasteiger partial charge in [-0.15, -0.1) is 0 Å². The summed E-state index contributed by atoms with van der Waals surface area (Å²) in [6.45, 7) is 1.58. The van der Waals surface area contributed by atoms with Gasteiger partial charge in [-0.2, -0.15) is 0 Å². The Hall–Kier alpha value is -2.41. The van der Waals surface area contributed by atoms with E-state index in [0.29, 0.717) is 5.69 Å². The maximum Gasteiger partial charge on any atom is 0.335 e. The Morgan fingerprint density at radius 2 is 1.75 bits per heavy atom. The van der Waals surface area contributed by atoms with Gasteiger partial charge < -0.3 is 21.1 Å². The summed E-state index contributed by atoms with van der Waals surface area (Å²) >= 11 is 0. The van der Waals surface area contributed by atoms with Gasteiger partial charge in [0.25, 0.3) is 0 Å². The van der Waals surface area contributed by atoms with Gasteiger partial charge in [0.15, 0.2) is 0 Å². The number of nitrogens with zero attached hydrogens (tertiary/aromatic N) is 1. The van der Waals surface area contributed by atoms with Crippen LogP contribution in [0.25, 0.3) is 0 Å². The van der Waals surface area contributed by atoms with Gasteiger partial charge in [0.05, 0.1) is 11.6 Å². The van der Waals surface area contributed by atoms with Crippen LogP contribution in [0.2, 0.25) is 0 Å². The van der Waals surface area contributed by atoms with Crippen molar-refractivity contribution in [3.05, 3.63) is 29.8 Å². The summed E-state index contributed by atoms with van der Waals surface area (Å²) in [4.78, 5) is 36.7. The number of carbonyl (C=O) groups is 3. The fourth-order valence-electron chi connectivity index (χ4n) is 2.64. The third-order valence-electron chi connectivity index (χ3n) is 4.11. The average molecular weight is 333 g/mol. The zero-order chi connectivity index (χ0) is 17.5. The van der Waals surface area contributed by atoms with Crippen molar-refractivity contribution in [3.63, 3.8) is 0 Å². The van der Waals surface area contributed by atoms with Gasteiger partial charge in [-0.05, 0) is 49.9 Å². The number of nitrogens with one attached hydrogen (secondary N) is 1. The van der Waals surface area contributed by atoms with Crippen LogP contribution in [0.15, 0.2) is 24.3 Å². The molecule has 1 saturated heterocycles. The molecule has 1 fully saturated rings. The maximum atomic E-state index is 12.1. The van der Waals surface area contributed by atoms with E-state index in [9.17, 15) is 14.4 Å². The van der Waals surface area contributed by atoms with Gasteiger partial charge in [0, 0.05) is 25.2 Å². The van der Waals surface area contributed by atoms with Crippen LogP contribution < -0.4 is 11.1 Å². The number of aromatic carboxylic acids is 1. The minimum atomic E-state index is -1.03. The van der Waals surface area contributed by atoms with Crippen molar-refractivity contribution in [2.45, 2.75) is 38.1 Å². The predicted molar refractivity (Wildman–Crippen MR) is 89.7 cm³/mol. The van der Waals surface area contributed by atoms with E-state index in [4.69, 9.17) is 10.8 Å². The fraction of sp³-hybridized carbons (Fsp3) is 0.471. The van der Waals surface area contributed by atoms with E-state index in [-0.39, 0.29) is 30.2 Å². The molecule has 1 aliphatic heterocycles. The Morgan fingerprint density at radius 3 is 2.33 bits per heavy atom. The Labute approximate surface area is 140 Å². The third kappa shape index (κ3) is 5.06. The van der Waals surface area contributed by atoms with Crippen molar-refractivity contribution in [3.8, 4) is 0 Å². The van der Waals surface area contributed by atoms with E-state index >= 15 is 0 Å². The van der Waals surface area contributed by atoms with E-state index in [2.05, 4.69) is 5.32 Å². The first-order valence-electron chi connectivity index (χ1n) is 8.15. The number of piperidine rings is 1. The van der Waals surface area contributed by atoms with Crippen molar-refractivity contribution < 1.29 is 19.5 Å². The van der Waals surface area contributed by atoms with Crippen LogP contribution in [-0.2, 0) is 9.59 Å². The highest BCUT2D eigenvalue weighted by molar-refractivity contribution is 5.95. The second-order valence-electron chi connectivity index (χ2n) is 5.96. The minimum Gasteiger partial charge on any atom is -0.478 e. The van der Waals surface area contributed by atoms with Crippen molar-refractivity contribution in [1.82, 2.24) is 4.90 Å². The van der Waals surface area contributed by atoms with Gasteiger partial charge in [0.1, 0.15) is 0 Å². The molecule has 0 bridgehead atoms. The van der Waals surface area contributed by atoms with Gasteiger partial charge >= 0.3 is 5.97 Å². The van der Waals surface area contributed by atoms with Crippen molar-refractivity contribution in [2.75, 3.05) is 18.4 Å². The lowest BCUT2D eigenvalue weighted by Gasteiger charge is -2.27. The minimum absolute atomic E-state index is 0.0451. The van der Waals surface area contributed by atoms with E-state index in [1.165, 1.54) is 24.3 Å². The number of nitrogens with two attached hydrogens (primary N) is 1. The SMILES string of the molecule is NC(CCC(=O)N1CCCCC1)C(=O)Nc1ccc(C(=O)O)cc1. The number of hydrogen-bond donors (Lipinski definition) is 3. The lowest BCUT2D eigenvalue weighted by Crippen LogP contribution is -2.39. The third-order valence-corrected chi connectivity index (χ3v) is 4.11. The molecule has 1 heterocycles. The number of amides is 2. The van der Waals surface area contributed by atoms with Crippen molar-refractivity contribution >= 4 is 23.5 Å². The summed E-state index contributed by atoms with van der Waals surface area (Å²) in [5.41, 5.74) is 6.46. The molecule has 130 valence electrons. The number of carboxylic acid groups (broad SMARTS) is 1. The number of carboxylic acids is 1. The van der Waals surface area contributed by atoms with Crippen LogP contribution in [0.1, 0.15) is 42.5 Å². The van der Waals surface area contributed by atoms with Crippen molar-refractivity contribution in [2.24, 2.45) is 5.73 Å². The molecule has 1 aromatic rings. The average Bonchev–Trinajstić information content (AvgIpc) is 2.60.